The maximum absolute atomic E-state index is 6.21. The molecule has 92 valence electrons. The van der Waals surface area contributed by atoms with E-state index in [1.54, 1.807) is 0 Å². The van der Waals surface area contributed by atoms with Crippen molar-refractivity contribution >= 4 is 62.4 Å². The van der Waals surface area contributed by atoms with Gasteiger partial charge in [-0.3, -0.25) is 0 Å². The second-order valence-electron chi connectivity index (χ2n) is 4.03. The van der Waals surface area contributed by atoms with E-state index < -0.39 is 0 Å². The highest BCUT2D eigenvalue weighted by Crippen LogP contribution is 2.41. The van der Waals surface area contributed by atoms with Crippen molar-refractivity contribution in [2.24, 2.45) is 5.73 Å². The van der Waals surface area contributed by atoms with Gasteiger partial charge in [-0.25, -0.2) is 0 Å². The van der Waals surface area contributed by atoms with Crippen LogP contribution in [0.1, 0.15) is 18.3 Å². The van der Waals surface area contributed by atoms with E-state index in [1.165, 1.54) is 5.69 Å². The van der Waals surface area contributed by atoms with Gasteiger partial charge in [-0.15, -0.1) is 12.4 Å². The molecule has 2 N–H and O–H groups in total. The summed E-state index contributed by atoms with van der Waals surface area (Å²) in [6.07, 6.45) is 2.02. The van der Waals surface area contributed by atoms with Crippen LogP contribution in [0.15, 0.2) is 16.6 Å². The van der Waals surface area contributed by atoms with Crippen LogP contribution in [0.25, 0.3) is 10.9 Å². The normalized spacial score (nSPS) is 18.2. The zero-order chi connectivity index (χ0) is 11.4. The third kappa shape index (κ3) is 1.89. The van der Waals surface area contributed by atoms with Crippen molar-refractivity contribution < 1.29 is 0 Å². The van der Waals surface area contributed by atoms with Crippen LogP contribution in [0.3, 0.4) is 0 Å². The van der Waals surface area contributed by atoms with Gasteiger partial charge in [0.15, 0.2) is 0 Å². The Morgan fingerprint density at radius 2 is 2.06 bits per heavy atom. The molecule has 2 heterocycles. The van der Waals surface area contributed by atoms with Crippen LogP contribution < -0.4 is 5.73 Å². The van der Waals surface area contributed by atoms with Gasteiger partial charge in [0.25, 0.3) is 0 Å². The number of nitrogens with zero attached hydrogens (tertiary/aromatic N) is 1. The maximum atomic E-state index is 6.21. The zero-order valence-corrected chi connectivity index (χ0v) is 12.6. The molecule has 2 aromatic rings. The molecule has 0 aliphatic carbocycles. The zero-order valence-electron chi connectivity index (χ0n) is 8.71. The molecule has 3 rings (SSSR count). The first-order valence-electron chi connectivity index (χ1n) is 5.02. The minimum atomic E-state index is 0. The number of aromatic nitrogens is 1. The van der Waals surface area contributed by atoms with E-state index in [0.29, 0.717) is 10.0 Å². The number of benzene rings is 1. The van der Waals surface area contributed by atoms with E-state index in [2.05, 4.69) is 26.6 Å². The Balaban J connectivity index is 0.00000108. The lowest BCUT2D eigenvalue weighted by Crippen LogP contribution is -2.13. The molecule has 0 bridgehead atoms. The van der Waals surface area contributed by atoms with Crippen molar-refractivity contribution in [3.63, 3.8) is 0 Å². The molecule has 1 aromatic carbocycles. The number of aryl methyl sites for hydroxylation is 1. The van der Waals surface area contributed by atoms with Crippen LogP contribution in [0.2, 0.25) is 10.0 Å². The number of hydrogen-bond donors (Lipinski definition) is 1. The van der Waals surface area contributed by atoms with E-state index >= 15 is 0 Å². The average molecular weight is 356 g/mol. The van der Waals surface area contributed by atoms with Gasteiger partial charge in [0, 0.05) is 15.6 Å². The SMILES string of the molecule is Cl.N[C@@H]1CCc2cc3c(Cl)c(Cl)cc(Br)c3n21. The van der Waals surface area contributed by atoms with Crippen LogP contribution in [-0.2, 0) is 6.42 Å². The second-order valence-corrected chi connectivity index (χ2v) is 5.67. The highest BCUT2D eigenvalue weighted by Gasteiger charge is 2.24. The Morgan fingerprint density at radius 1 is 1.35 bits per heavy atom. The third-order valence-electron chi connectivity index (χ3n) is 3.07. The summed E-state index contributed by atoms with van der Waals surface area (Å²) in [7, 11) is 0. The summed E-state index contributed by atoms with van der Waals surface area (Å²) in [4.78, 5) is 0. The molecular formula is C11H10BrCl3N2. The van der Waals surface area contributed by atoms with Gasteiger partial charge in [0.2, 0.25) is 0 Å². The summed E-state index contributed by atoms with van der Waals surface area (Å²) < 4.78 is 3.09. The molecule has 0 fully saturated rings. The van der Waals surface area contributed by atoms with E-state index in [9.17, 15) is 0 Å². The fourth-order valence-electron chi connectivity index (χ4n) is 2.36. The topological polar surface area (TPSA) is 30.9 Å². The lowest BCUT2D eigenvalue weighted by Gasteiger charge is -2.11. The van der Waals surface area contributed by atoms with Crippen LogP contribution in [0, 0.1) is 0 Å². The van der Waals surface area contributed by atoms with Crippen molar-refractivity contribution in [3.05, 3.63) is 32.3 Å². The van der Waals surface area contributed by atoms with Crippen LogP contribution in [-0.4, -0.2) is 4.57 Å². The predicted molar refractivity (Wildman–Crippen MR) is 78.5 cm³/mol. The van der Waals surface area contributed by atoms with Crippen LogP contribution in [0.5, 0.6) is 0 Å². The molecule has 1 aliphatic heterocycles. The Kier molecular flexibility index (Phi) is 3.68. The van der Waals surface area contributed by atoms with E-state index in [0.717, 1.165) is 28.2 Å². The predicted octanol–water partition coefficient (Wildman–Crippen LogP) is 4.54. The van der Waals surface area contributed by atoms with Gasteiger partial charge in [-0.05, 0) is 40.9 Å². The summed E-state index contributed by atoms with van der Waals surface area (Å²) in [5.74, 6) is 0. The molecule has 0 saturated carbocycles. The first-order valence-corrected chi connectivity index (χ1v) is 6.57. The van der Waals surface area contributed by atoms with Crippen LogP contribution in [0.4, 0.5) is 0 Å². The van der Waals surface area contributed by atoms with Gasteiger partial charge in [-0.1, -0.05) is 23.2 Å². The van der Waals surface area contributed by atoms with Gasteiger partial charge in [-0.2, -0.15) is 0 Å². The molecule has 2 nitrogen and oxygen atoms in total. The van der Waals surface area contributed by atoms with E-state index in [1.807, 2.05) is 6.07 Å². The summed E-state index contributed by atoms with van der Waals surface area (Å²) in [6.45, 7) is 0. The van der Waals surface area contributed by atoms with E-state index in [-0.39, 0.29) is 18.6 Å². The Hall–Kier alpha value is 0.0700. The van der Waals surface area contributed by atoms with Gasteiger partial charge >= 0.3 is 0 Å². The highest BCUT2D eigenvalue weighted by molar-refractivity contribution is 9.10. The van der Waals surface area contributed by atoms with Gasteiger partial charge in [0.1, 0.15) is 0 Å². The largest absolute Gasteiger partial charge is 0.328 e. The number of fused-ring (bicyclic) bond motifs is 3. The van der Waals surface area contributed by atoms with Crippen molar-refractivity contribution in [2.45, 2.75) is 19.0 Å². The number of halogens is 4. The molecule has 1 atom stereocenters. The average Bonchev–Trinajstić information content (AvgIpc) is 2.76. The number of hydrogen-bond acceptors (Lipinski definition) is 1. The number of nitrogens with two attached hydrogens (primary N) is 1. The van der Waals surface area contributed by atoms with E-state index in [4.69, 9.17) is 28.9 Å². The Bertz CT molecular complexity index is 594. The summed E-state index contributed by atoms with van der Waals surface area (Å²) in [5.41, 5.74) is 8.36. The monoisotopic (exact) mass is 354 g/mol. The molecule has 1 aromatic heterocycles. The molecule has 0 spiro atoms. The minimum Gasteiger partial charge on any atom is -0.328 e. The second kappa shape index (κ2) is 4.63. The molecule has 0 radical (unpaired) electrons. The first kappa shape index (κ1) is 13.5. The van der Waals surface area contributed by atoms with Crippen molar-refractivity contribution in [1.29, 1.82) is 0 Å². The molecular weight excluding hydrogens is 346 g/mol. The van der Waals surface area contributed by atoms with Gasteiger partial charge < -0.3 is 10.3 Å². The van der Waals surface area contributed by atoms with Crippen LogP contribution >= 0.6 is 51.5 Å². The Morgan fingerprint density at radius 3 is 2.76 bits per heavy atom. The summed E-state index contributed by atoms with van der Waals surface area (Å²) >= 11 is 15.8. The van der Waals surface area contributed by atoms with Crippen molar-refractivity contribution in [3.8, 4) is 0 Å². The standard InChI is InChI=1S/C11H9BrCl2N2.ClH/c12-7-4-8(13)10(14)6-3-5-1-2-9(15)16(5)11(6)7;/h3-4,9H,1-2,15H2;1H/t9-;/m0./s1. The molecule has 0 amide bonds. The molecule has 0 unspecified atom stereocenters. The fourth-order valence-corrected chi connectivity index (χ4v) is 3.53. The van der Waals surface area contributed by atoms with Crippen molar-refractivity contribution in [2.75, 3.05) is 0 Å². The quantitative estimate of drug-likeness (QED) is 0.691. The number of rotatable bonds is 0. The smallest absolute Gasteiger partial charge is 0.0821 e. The maximum Gasteiger partial charge on any atom is 0.0821 e. The molecule has 6 heteroatoms. The highest BCUT2D eigenvalue weighted by atomic mass is 79.9. The summed E-state index contributed by atoms with van der Waals surface area (Å²) in [6, 6.07) is 3.91. The van der Waals surface area contributed by atoms with Crippen molar-refractivity contribution in [1.82, 2.24) is 4.57 Å². The molecule has 0 saturated heterocycles. The molecule has 1 aliphatic rings. The fraction of sp³-hybridized carbons (Fsp3) is 0.273. The minimum absolute atomic E-state index is 0. The van der Waals surface area contributed by atoms with Gasteiger partial charge in [0.05, 0.1) is 21.7 Å². The molecule has 17 heavy (non-hydrogen) atoms. The lowest BCUT2D eigenvalue weighted by molar-refractivity contribution is 0.566. The first-order chi connectivity index (χ1) is 7.59. The Labute approximate surface area is 124 Å². The summed E-state index contributed by atoms with van der Waals surface area (Å²) in [5, 5.41) is 2.15. The third-order valence-corrected chi connectivity index (χ3v) is 4.48. The lowest BCUT2D eigenvalue weighted by atomic mass is 10.2.